The average Bonchev–Trinajstić information content (AvgIpc) is 3.36. The van der Waals surface area contributed by atoms with E-state index in [-0.39, 0.29) is 18.4 Å². The van der Waals surface area contributed by atoms with E-state index in [1.54, 1.807) is 6.92 Å². The summed E-state index contributed by atoms with van der Waals surface area (Å²) in [6, 6.07) is 15.0. The zero-order chi connectivity index (χ0) is 24.3. The van der Waals surface area contributed by atoms with Crippen molar-refractivity contribution in [1.29, 1.82) is 0 Å². The van der Waals surface area contributed by atoms with Gasteiger partial charge in [-0.3, -0.25) is 9.59 Å². The van der Waals surface area contributed by atoms with Gasteiger partial charge in [-0.15, -0.1) is 0 Å². The summed E-state index contributed by atoms with van der Waals surface area (Å²) in [5.74, 6) is -1.34. The van der Waals surface area contributed by atoms with E-state index in [1.807, 2.05) is 31.2 Å². The molecule has 3 unspecified atom stereocenters. The Morgan fingerprint density at radius 2 is 1.71 bits per heavy atom. The fraction of sp³-hybridized carbons (Fsp3) is 0.444. The van der Waals surface area contributed by atoms with Crippen LogP contribution in [0.3, 0.4) is 0 Å². The Hall–Kier alpha value is -3.35. The van der Waals surface area contributed by atoms with Crippen molar-refractivity contribution in [2.75, 3.05) is 6.61 Å². The molecular weight excluding hydrogens is 432 g/mol. The maximum Gasteiger partial charge on any atom is 0.407 e. The molecule has 0 bridgehead atoms. The first-order valence-electron chi connectivity index (χ1n) is 12.0. The van der Waals surface area contributed by atoms with Gasteiger partial charge >= 0.3 is 12.1 Å². The normalized spacial score (nSPS) is 21.9. The number of hydrogen-bond acceptors (Lipinski definition) is 4. The van der Waals surface area contributed by atoms with Crippen LogP contribution in [-0.4, -0.2) is 41.8 Å². The fourth-order valence-electron chi connectivity index (χ4n) is 5.27. The molecule has 1 saturated carbocycles. The molecule has 2 aromatic rings. The van der Waals surface area contributed by atoms with Crippen LogP contribution in [0, 0.1) is 5.41 Å². The van der Waals surface area contributed by atoms with Gasteiger partial charge in [-0.25, -0.2) is 4.79 Å². The number of amides is 2. The Labute approximate surface area is 199 Å². The number of ether oxygens (including phenoxy) is 1. The number of benzene rings is 2. The molecule has 0 radical (unpaired) electrons. The zero-order valence-corrected chi connectivity index (χ0v) is 19.7. The third-order valence-electron chi connectivity index (χ3n) is 7.29. The zero-order valence-electron chi connectivity index (χ0n) is 19.7. The number of carbonyl (C=O) groups is 3. The van der Waals surface area contributed by atoms with Gasteiger partial charge in [0, 0.05) is 12.0 Å². The Morgan fingerprint density at radius 3 is 2.29 bits per heavy atom. The van der Waals surface area contributed by atoms with Crippen molar-refractivity contribution < 1.29 is 24.2 Å². The number of nitrogens with one attached hydrogen (secondary N) is 2. The average molecular weight is 465 g/mol. The van der Waals surface area contributed by atoms with E-state index in [0.717, 1.165) is 28.7 Å². The highest BCUT2D eigenvalue weighted by Gasteiger charge is 2.46. The summed E-state index contributed by atoms with van der Waals surface area (Å²) in [5.41, 5.74) is 3.54. The van der Waals surface area contributed by atoms with Crippen LogP contribution in [0.1, 0.15) is 63.0 Å². The number of rotatable bonds is 8. The van der Waals surface area contributed by atoms with Crippen molar-refractivity contribution in [1.82, 2.24) is 10.6 Å². The van der Waals surface area contributed by atoms with E-state index in [9.17, 15) is 19.5 Å². The van der Waals surface area contributed by atoms with Crippen LogP contribution in [0.15, 0.2) is 48.5 Å². The number of carboxylic acid groups (broad SMARTS) is 1. The molecule has 3 N–H and O–H groups in total. The Bertz CT molecular complexity index is 1040. The third kappa shape index (κ3) is 4.52. The van der Waals surface area contributed by atoms with E-state index in [0.29, 0.717) is 25.7 Å². The lowest BCUT2D eigenvalue weighted by Gasteiger charge is -2.29. The van der Waals surface area contributed by atoms with Crippen LogP contribution < -0.4 is 10.6 Å². The van der Waals surface area contributed by atoms with Crippen LogP contribution in [-0.2, 0) is 14.3 Å². The van der Waals surface area contributed by atoms with Crippen LogP contribution >= 0.6 is 0 Å². The van der Waals surface area contributed by atoms with Gasteiger partial charge in [-0.2, -0.15) is 0 Å². The molecule has 2 amide bonds. The van der Waals surface area contributed by atoms with Gasteiger partial charge in [0.1, 0.15) is 12.6 Å². The number of hydrogen-bond donors (Lipinski definition) is 3. The monoisotopic (exact) mass is 464 g/mol. The first kappa shape index (κ1) is 23.8. The summed E-state index contributed by atoms with van der Waals surface area (Å²) < 4.78 is 5.59. The molecule has 34 heavy (non-hydrogen) atoms. The second-order valence-electron chi connectivity index (χ2n) is 9.49. The molecule has 2 aliphatic rings. The van der Waals surface area contributed by atoms with Crippen molar-refractivity contribution in [3.05, 3.63) is 59.7 Å². The molecular formula is C27H32N2O5. The minimum atomic E-state index is -0.990. The Kier molecular flexibility index (Phi) is 6.91. The van der Waals surface area contributed by atoms with Gasteiger partial charge in [0.15, 0.2) is 0 Å². The standard InChI is InChI=1S/C27H32N2O5/c1-3-9-22(24(30)29-23-14-8-15-27(23,2)25(31)32)28-26(33)34-16-21-19-12-6-4-10-17(19)18-11-5-7-13-20(18)21/h4-7,10-13,21-23H,3,8-9,14-16H2,1-2H3,(H,28,33)(H,29,30)(H,31,32). The molecule has 0 spiro atoms. The molecule has 0 aromatic heterocycles. The molecule has 2 aromatic carbocycles. The summed E-state index contributed by atoms with van der Waals surface area (Å²) >= 11 is 0. The summed E-state index contributed by atoms with van der Waals surface area (Å²) in [6.45, 7) is 3.76. The van der Waals surface area contributed by atoms with Crippen LogP contribution in [0.4, 0.5) is 4.79 Å². The van der Waals surface area contributed by atoms with E-state index in [4.69, 9.17) is 4.74 Å². The number of carboxylic acids is 1. The number of alkyl carbamates (subject to hydrolysis) is 1. The van der Waals surface area contributed by atoms with Crippen molar-refractivity contribution >= 4 is 18.0 Å². The quantitative estimate of drug-likeness (QED) is 0.535. The van der Waals surface area contributed by atoms with E-state index >= 15 is 0 Å². The molecule has 0 saturated heterocycles. The molecule has 180 valence electrons. The first-order chi connectivity index (χ1) is 16.3. The topological polar surface area (TPSA) is 105 Å². The predicted molar refractivity (Wildman–Crippen MR) is 128 cm³/mol. The van der Waals surface area contributed by atoms with Gasteiger partial charge in [0.25, 0.3) is 0 Å². The van der Waals surface area contributed by atoms with E-state index in [1.165, 1.54) is 0 Å². The second kappa shape index (κ2) is 9.87. The van der Waals surface area contributed by atoms with Gasteiger partial charge in [-0.1, -0.05) is 68.3 Å². The second-order valence-corrected chi connectivity index (χ2v) is 9.49. The minimum Gasteiger partial charge on any atom is -0.481 e. The van der Waals surface area contributed by atoms with Crippen LogP contribution in [0.25, 0.3) is 11.1 Å². The van der Waals surface area contributed by atoms with Crippen LogP contribution in [0.5, 0.6) is 0 Å². The lowest BCUT2D eigenvalue weighted by atomic mass is 9.84. The highest BCUT2D eigenvalue weighted by Crippen LogP contribution is 2.44. The van der Waals surface area contributed by atoms with Gasteiger partial charge in [0.05, 0.1) is 5.41 Å². The summed E-state index contributed by atoms with van der Waals surface area (Å²) in [7, 11) is 0. The van der Waals surface area contributed by atoms with Gasteiger partial charge < -0.3 is 20.5 Å². The maximum atomic E-state index is 12.9. The highest BCUT2D eigenvalue weighted by atomic mass is 16.5. The molecule has 1 fully saturated rings. The first-order valence-corrected chi connectivity index (χ1v) is 12.0. The van der Waals surface area contributed by atoms with Crippen molar-refractivity contribution in [3.63, 3.8) is 0 Å². The van der Waals surface area contributed by atoms with Crippen LogP contribution in [0.2, 0.25) is 0 Å². The number of carbonyl (C=O) groups excluding carboxylic acids is 2. The maximum absolute atomic E-state index is 12.9. The van der Waals surface area contributed by atoms with E-state index in [2.05, 4.69) is 34.9 Å². The van der Waals surface area contributed by atoms with Crippen molar-refractivity contribution in [2.24, 2.45) is 5.41 Å². The third-order valence-corrected chi connectivity index (χ3v) is 7.29. The smallest absolute Gasteiger partial charge is 0.407 e. The molecule has 0 aliphatic heterocycles. The molecule has 7 nitrogen and oxygen atoms in total. The Morgan fingerprint density at radius 1 is 1.09 bits per heavy atom. The lowest BCUT2D eigenvalue weighted by Crippen LogP contribution is -2.53. The highest BCUT2D eigenvalue weighted by molar-refractivity contribution is 5.87. The molecule has 4 rings (SSSR count). The SMILES string of the molecule is CCCC(NC(=O)OCC1c2ccccc2-c2ccccc21)C(=O)NC1CCCC1(C)C(=O)O. The van der Waals surface area contributed by atoms with Crippen molar-refractivity contribution in [2.45, 2.75) is 64.0 Å². The Balaban J connectivity index is 1.39. The number of fused-ring (bicyclic) bond motifs is 3. The van der Waals surface area contributed by atoms with E-state index < -0.39 is 29.6 Å². The summed E-state index contributed by atoms with van der Waals surface area (Å²) in [4.78, 5) is 37.4. The minimum absolute atomic E-state index is 0.0636. The molecule has 2 aliphatic carbocycles. The van der Waals surface area contributed by atoms with Gasteiger partial charge in [0.2, 0.25) is 5.91 Å². The largest absolute Gasteiger partial charge is 0.481 e. The molecule has 7 heteroatoms. The lowest BCUT2D eigenvalue weighted by molar-refractivity contribution is -0.149. The number of aliphatic carboxylic acids is 1. The van der Waals surface area contributed by atoms with Gasteiger partial charge in [-0.05, 0) is 48.4 Å². The fourth-order valence-corrected chi connectivity index (χ4v) is 5.27. The summed E-state index contributed by atoms with van der Waals surface area (Å²) in [5, 5.41) is 15.2. The summed E-state index contributed by atoms with van der Waals surface area (Å²) in [6.07, 6.45) is 2.34. The van der Waals surface area contributed by atoms with Crippen molar-refractivity contribution in [3.8, 4) is 11.1 Å². The molecule has 0 heterocycles. The molecule has 3 atom stereocenters. The predicted octanol–water partition coefficient (Wildman–Crippen LogP) is 4.45.